The Hall–Kier alpha value is -3.28. The molecule has 0 N–H and O–H groups in total. The minimum atomic E-state index is -0.0716. The first kappa shape index (κ1) is 21.0. The molecule has 0 spiro atoms. The summed E-state index contributed by atoms with van der Waals surface area (Å²) in [5.74, 6) is 2.02. The van der Waals surface area contributed by atoms with Crippen LogP contribution in [0.1, 0.15) is 40.4 Å². The minimum Gasteiger partial charge on any atom is -0.496 e. The Kier molecular flexibility index (Phi) is 5.98. The first-order valence-electron chi connectivity index (χ1n) is 10.5. The largest absolute Gasteiger partial charge is 0.496 e. The molecule has 1 unspecified atom stereocenters. The van der Waals surface area contributed by atoms with Crippen molar-refractivity contribution in [3.63, 3.8) is 0 Å². The van der Waals surface area contributed by atoms with Crippen molar-refractivity contribution < 1.29 is 19.0 Å². The number of nitrogens with zero attached hydrogens (tertiary/aromatic N) is 2. The van der Waals surface area contributed by atoms with Crippen molar-refractivity contribution in [3.8, 4) is 17.2 Å². The van der Waals surface area contributed by atoms with E-state index >= 15 is 0 Å². The van der Waals surface area contributed by atoms with E-state index in [1.54, 1.807) is 33.5 Å². The van der Waals surface area contributed by atoms with Crippen LogP contribution in [0.15, 0.2) is 42.6 Å². The molecule has 1 aliphatic rings. The summed E-state index contributed by atoms with van der Waals surface area (Å²) in [6.07, 6.45) is 3.83. The smallest absolute Gasteiger partial charge is 0.261 e. The van der Waals surface area contributed by atoms with Crippen LogP contribution in [-0.4, -0.2) is 50.2 Å². The average Bonchev–Trinajstić information content (AvgIpc) is 2.83. The lowest BCUT2D eigenvalue weighted by atomic mass is 9.92. The number of amides is 1. The van der Waals surface area contributed by atoms with Gasteiger partial charge in [-0.3, -0.25) is 9.78 Å². The number of aromatic nitrogens is 1. The van der Waals surface area contributed by atoms with Gasteiger partial charge in [0.2, 0.25) is 0 Å². The highest BCUT2D eigenvalue weighted by Crippen LogP contribution is 2.34. The maximum Gasteiger partial charge on any atom is 0.261 e. The highest BCUT2D eigenvalue weighted by atomic mass is 16.5. The van der Waals surface area contributed by atoms with Crippen molar-refractivity contribution in [1.82, 2.24) is 9.88 Å². The number of hydrogen-bond donors (Lipinski definition) is 0. The predicted octanol–water partition coefficient (Wildman–Crippen LogP) is 4.59. The number of rotatable bonds is 5. The molecule has 4 rings (SSSR count). The van der Waals surface area contributed by atoms with Crippen molar-refractivity contribution in [2.45, 2.75) is 25.7 Å². The Labute approximate surface area is 182 Å². The molecule has 0 bridgehead atoms. The monoisotopic (exact) mass is 420 g/mol. The maximum atomic E-state index is 13.4. The van der Waals surface area contributed by atoms with Gasteiger partial charge >= 0.3 is 0 Å². The molecule has 31 heavy (non-hydrogen) atoms. The minimum absolute atomic E-state index is 0.0716. The Morgan fingerprint density at radius 2 is 1.74 bits per heavy atom. The van der Waals surface area contributed by atoms with Crippen LogP contribution in [0.3, 0.4) is 0 Å². The third kappa shape index (κ3) is 3.90. The highest BCUT2D eigenvalue weighted by molar-refractivity contribution is 6.00. The summed E-state index contributed by atoms with van der Waals surface area (Å²) in [6, 6.07) is 11.6. The van der Waals surface area contributed by atoms with Crippen molar-refractivity contribution in [2.75, 3.05) is 34.4 Å². The molecular weight excluding hydrogens is 392 g/mol. The molecule has 6 nitrogen and oxygen atoms in total. The zero-order valence-electron chi connectivity index (χ0n) is 18.5. The van der Waals surface area contributed by atoms with Crippen molar-refractivity contribution in [2.24, 2.45) is 0 Å². The highest BCUT2D eigenvalue weighted by Gasteiger charge is 2.30. The van der Waals surface area contributed by atoms with Crippen molar-refractivity contribution in [1.29, 1.82) is 0 Å². The van der Waals surface area contributed by atoms with Gasteiger partial charge in [0.25, 0.3) is 5.91 Å². The second-order valence-corrected chi connectivity index (χ2v) is 7.85. The van der Waals surface area contributed by atoms with Crippen molar-refractivity contribution >= 4 is 16.7 Å². The lowest BCUT2D eigenvalue weighted by Crippen LogP contribution is -2.39. The van der Waals surface area contributed by atoms with E-state index in [0.717, 1.165) is 40.6 Å². The van der Waals surface area contributed by atoms with Crippen LogP contribution in [0.25, 0.3) is 10.8 Å². The van der Waals surface area contributed by atoms with Crippen molar-refractivity contribution in [3.05, 3.63) is 59.4 Å². The molecule has 2 heterocycles. The van der Waals surface area contributed by atoms with Gasteiger partial charge in [0.1, 0.15) is 22.8 Å². The van der Waals surface area contributed by atoms with Crippen LogP contribution < -0.4 is 14.2 Å². The third-order valence-electron chi connectivity index (χ3n) is 6.13. The number of likely N-dealkylation sites (tertiary alicyclic amines) is 1. The second-order valence-electron chi connectivity index (χ2n) is 7.85. The standard InChI is InChI=1S/C25H28N2O4/c1-16-19-13-20(26-14-17(19)10-11-21(16)29-2)18-7-6-12-27(15-18)25(28)24-22(30-3)8-5-9-23(24)31-4/h5,8-11,13-14,18H,6-7,12,15H2,1-4H3. The molecule has 0 radical (unpaired) electrons. The number of aryl methyl sites for hydroxylation is 1. The summed E-state index contributed by atoms with van der Waals surface area (Å²) in [6.45, 7) is 3.38. The Morgan fingerprint density at radius 3 is 2.42 bits per heavy atom. The summed E-state index contributed by atoms with van der Waals surface area (Å²) in [4.78, 5) is 20.0. The van der Waals surface area contributed by atoms with Gasteiger partial charge < -0.3 is 19.1 Å². The van der Waals surface area contributed by atoms with E-state index in [0.29, 0.717) is 30.2 Å². The van der Waals surface area contributed by atoms with Gasteiger partial charge in [0.15, 0.2) is 0 Å². The normalized spacial score (nSPS) is 16.3. The first-order valence-corrected chi connectivity index (χ1v) is 10.5. The Bertz CT molecular complexity index is 1090. The maximum absolute atomic E-state index is 13.4. The lowest BCUT2D eigenvalue weighted by molar-refractivity contribution is 0.0699. The molecule has 1 amide bonds. The summed E-state index contributed by atoms with van der Waals surface area (Å²) in [5, 5.41) is 2.23. The first-order chi connectivity index (χ1) is 15.1. The van der Waals surface area contributed by atoms with E-state index in [-0.39, 0.29) is 11.8 Å². The Balaban J connectivity index is 1.64. The van der Waals surface area contributed by atoms with Crippen LogP contribution in [0, 0.1) is 6.92 Å². The van der Waals surface area contributed by atoms with Gasteiger partial charge in [-0.05, 0) is 61.0 Å². The van der Waals surface area contributed by atoms with E-state index in [4.69, 9.17) is 19.2 Å². The number of carbonyl (C=O) groups is 1. The van der Waals surface area contributed by atoms with Crippen LogP contribution in [0.4, 0.5) is 0 Å². The zero-order chi connectivity index (χ0) is 22.0. The van der Waals surface area contributed by atoms with E-state index in [2.05, 4.69) is 13.0 Å². The fraction of sp³-hybridized carbons (Fsp3) is 0.360. The van der Waals surface area contributed by atoms with E-state index in [1.165, 1.54) is 0 Å². The van der Waals surface area contributed by atoms with E-state index in [1.807, 2.05) is 29.3 Å². The average molecular weight is 421 g/mol. The second kappa shape index (κ2) is 8.84. The number of carbonyl (C=O) groups excluding carboxylic acids is 1. The van der Waals surface area contributed by atoms with Gasteiger partial charge in [-0.2, -0.15) is 0 Å². The van der Waals surface area contributed by atoms with Gasteiger partial charge in [0.05, 0.1) is 21.3 Å². The van der Waals surface area contributed by atoms with Gasteiger partial charge in [0, 0.05) is 36.3 Å². The molecule has 1 saturated heterocycles. The van der Waals surface area contributed by atoms with Crippen LogP contribution in [0.5, 0.6) is 17.2 Å². The number of fused-ring (bicyclic) bond motifs is 1. The zero-order valence-corrected chi connectivity index (χ0v) is 18.5. The predicted molar refractivity (Wildman–Crippen MR) is 120 cm³/mol. The number of hydrogen-bond acceptors (Lipinski definition) is 5. The SMILES string of the molecule is COc1cccc(OC)c1C(=O)N1CCCC(c2cc3c(C)c(OC)ccc3cn2)C1. The molecule has 3 aromatic rings. The molecule has 6 heteroatoms. The fourth-order valence-corrected chi connectivity index (χ4v) is 4.43. The molecule has 0 saturated carbocycles. The summed E-state index contributed by atoms with van der Waals surface area (Å²) < 4.78 is 16.4. The number of piperidine rings is 1. The van der Waals surface area contributed by atoms with Gasteiger partial charge in [-0.1, -0.05) is 6.07 Å². The summed E-state index contributed by atoms with van der Waals surface area (Å²) >= 11 is 0. The number of benzene rings is 2. The van der Waals surface area contributed by atoms with Gasteiger partial charge in [-0.15, -0.1) is 0 Å². The number of pyridine rings is 1. The van der Waals surface area contributed by atoms with E-state index < -0.39 is 0 Å². The quantitative estimate of drug-likeness (QED) is 0.604. The molecule has 162 valence electrons. The van der Waals surface area contributed by atoms with Crippen LogP contribution in [-0.2, 0) is 0 Å². The molecular formula is C25H28N2O4. The Morgan fingerprint density at radius 1 is 1.03 bits per heavy atom. The molecule has 0 aliphatic carbocycles. The van der Waals surface area contributed by atoms with Crippen LogP contribution in [0.2, 0.25) is 0 Å². The fourth-order valence-electron chi connectivity index (χ4n) is 4.43. The summed E-state index contributed by atoms with van der Waals surface area (Å²) in [5.41, 5.74) is 2.58. The van der Waals surface area contributed by atoms with Gasteiger partial charge in [-0.25, -0.2) is 0 Å². The molecule has 1 aromatic heterocycles. The molecule has 1 atom stereocenters. The summed E-state index contributed by atoms with van der Waals surface area (Å²) in [7, 11) is 4.83. The van der Waals surface area contributed by atoms with E-state index in [9.17, 15) is 4.79 Å². The molecule has 1 aliphatic heterocycles. The molecule has 2 aromatic carbocycles. The molecule has 1 fully saturated rings. The number of ether oxygens (including phenoxy) is 3. The topological polar surface area (TPSA) is 60.9 Å². The lowest BCUT2D eigenvalue weighted by Gasteiger charge is -2.33. The third-order valence-corrected chi connectivity index (χ3v) is 6.13. The van der Waals surface area contributed by atoms with Crippen LogP contribution >= 0.6 is 0 Å². The number of methoxy groups -OCH3 is 3.